The number of amides is 2. The van der Waals surface area contributed by atoms with Crippen LogP contribution in [0, 0.1) is 5.82 Å². The van der Waals surface area contributed by atoms with E-state index in [0.29, 0.717) is 5.69 Å². The van der Waals surface area contributed by atoms with Crippen molar-refractivity contribution in [2.24, 2.45) is 0 Å². The van der Waals surface area contributed by atoms with E-state index in [1.54, 1.807) is 30.3 Å². The summed E-state index contributed by atoms with van der Waals surface area (Å²) >= 11 is 0. The van der Waals surface area contributed by atoms with Crippen molar-refractivity contribution in [3.05, 3.63) is 96.1 Å². The van der Waals surface area contributed by atoms with Crippen LogP contribution < -0.4 is 15.4 Å². The summed E-state index contributed by atoms with van der Waals surface area (Å²) in [5, 5.41) is 5.33. The SMILES string of the molecule is O=C(COc1ccccc1C(=O)Nc1ccc(-c2ncc3n2CCCC3)cc1)Nc1ccccc1F. The molecule has 2 heterocycles. The number of carbonyl (C=O) groups is 2. The largest absolute Gasteiger partial charge is 0.483 e. The molecule has 0 saturated heterocycles. The van der Waals surface area contributed by atoms with Gasteiger partial charge in [-0.05, 0) is 67.8 Å². The smallest absolute Gasteiger partial charge is 0.262 e. The summed E-state index contributed by atoms with van der Waals surface area (Å²) < 4.78 is 21.6. The molecule has 2 N–H and O–H groups in total. The summed E-state index contributed by atoms with van der Waals surface area (Å²) in [6, 6.07) is 20.1. The Kier molecular flexibility index (Phi) is 6.75. The van der Waals surface area contributed by atoms with Crippen molar-refractivity contribution in [3.63, 3.8) is 0 Å². The molecule has 1 aromatic heterocycles. The van der Waals surface area contributed by atoms with Gasteiger partial charge in [0, 0.05) is 29.7 Å². The average molecular weight is 485 g/mol. The Bertz CT molecular complexity index is 1400. The van der Waals surface area contributed by atoms with Crippen LogP contribution in [0.25, 0.3) is 11.4 Å². The lowest BCUT2D eigenvalue weighted by Crippen LogP contribution is -2.22. The normalized spacial score (nSPS) is 12.5. The molecule has 182 valence electrons. The number of anilines is 2. The minimum absolute atomic E-state index is 0.0661. The molecule has 0 saturated carbocycles. The van der Waals surface area contributed by atoms with Gasteiger partial charge in [-0.25, -0.2) is 9.37 Å². The lowest BCUT2D eigenvalue weighted by atomic mass is 10.1. The van der Waals surface area contributed by atoms with Crippen molar-refractivity contribution >= 4 is 23.2 Å². The van der Waals surface area contributed by atoms with E-state index in [1.807, 2.05) is 30.5 Å². The third-order valence-corrected chi connectivity index (χ3v) is 6.04. The molecule has 8 heteroatoms. The molecule has 1 aliphatic heterocycles. The number of ether oxygens (including phenoxy) is 1. The van der Waals surface area contributed by atoms with Gasteiger partial charge in [0.15, 0.2) is 6.61 Å². The monoisotopic (exact) mass is 484 g/mol. The number of benzene rings is 3. The number of nitrogens with zero attached hydrogens (tertiary/aromatic N) is 2. The first-order chi connectivity index (χ1) is 17.6. The van der Waals surface area contributed by atoms with Crippen LogP contribution >= 0.6 is 0 Å². The zero-order chi connectivity index (χ0) is 24.9. The van der Waals surface area contributed by atoms with E-state index in [9.17, 15) is 14.0 Å². The second-order valence-electron chi connectivity index (χ2n) is 8.53. The summed E-state index contributed by atoms with van der Waals surface area (Å²) in [5.41, 5.74) is 3.22. The van der Waals surface area contributed by atoms with Crippen LogP contribution in [0.5, 0.6) is 5.75 Å². The van der Waals surface area contributed by atoms with Gasteiger partial charge in [0.1, 0.15) is 17.4 Å². The second kappa shape index (κ2) is 10.4. The van der Waals surface area contributed by atoms with Gasteiger partial charge in [-0.15, -0.1) is 0 Å². The zero-order valence-electron chi connectivity index (χ0n) is 19.5. The summed E-state index contributed by atoms with van der Waals surface area (Å²) in [6.07, 6.45) is 5.33. The van der Waals surface area contributed by atoms with Crippen LogP contribution in [0.4, 0.5) is 15.8 Å². The number of para-hydroxylation sites is 2. The maximum Gasteiger partial charge on any atom is 0.262 e. The summed E-state index contributed by atoms with van der Waals surface area (Å²) in [6.45, 7) is 0.597. The zero-order valence-corrected chi connectivity index (χ0v) is 19.5. The van der Waals surface area contributed by atoms with Crippen molar-refractivity contribution in [1.29, 1.82) is 0 Å². The maximum atomic E-state index is 13.8. The molecule has 0 spiro atoms. The molecule has 0 aliphatic carbocycles. The molecule has 3 aromatic carbocycles. The third-order valence-electron chi connectivity index (χ3n) is 6.04. The lowest BCUT2D eigenvalue weighted by Gasteiger charge is -2.16. The number of rotatable bonds is 7. The number of aryl methyl sites for hydroxylation is 1. The first-order valence-electron chi connectivity index (χ1n) is 11.8. The minimum Gasteiger partial charge on any atom is -0.483 e. The first-order valence-corrected chi connectivity index (χ1v) is 11.8. The molecule has 0 radical (unpaired) electrons. The highest BCUT2D eigenvalue weighted by Gasteiger charge is 2.17. The van der Waals surface area contributed by atoms with E-state index >= 15 is 0 Å². The van der Waals surface area contributed by atoms with Gasteiger partial charge < -0.3 is 19.9 Å². The van der Waals surface area contributed by atoms with Crippen LogP contribution in [0.15, 0.2) is 79.0 Å². The predicted octanol–water partition coefficient (Wildman–Crippen LogP) is 5.30. The molecule has 0 bridgehead atoms. The lowest BCUT2D eigenvalue weighted by molar-refractivity contribution is -0.118. The highest BCUT2D eigenvalue weighted by atomic mass is 19.1. The van der Waals surface area contributed by atoms with Gasteiger partial charge >= 0.3 is 0 Å². The molecule has 2 amide bonds. The molecular formula is C28H25FN4O3. The van der Waals surface area contributed by atoms with Crippen molar-refractivity contribution in [1.82, 2.24) is 9.55 Å². The van der Waals surface area contributed by atoms with Crippen molar-refractivity contribution in [3.8, 4) is 17.1 Å². The van der Waals surface area contributed by atoms with E-state index < -0.39 is 11.7 Å². The Hall–Kier alpha value is -4.46. The molecule has 5 rings (SSSR count). The number of imidazole rings is 1. The summed E-state index contributed by atoms with van der Waals surface area (Å²) in [7, 11) is 0. The minimum atomic E-state index is -0.538. The van der Waals surface area contributed by atoms with Crippen LogP contribution in [0.2, 0.25) is 0 Å². The van der Waals surface area contributed by atoms with E-state index in [4.69, 9.17) is 4.74 Å². The van der Waals surface area contributed by atoms with E-state index in [0.717, 1.165) is 30.8 Å². The summed E-state index contributed by atoms with van der Waals surface area (Å²) in [4.78, 5) is 29.8. The van der Waals surface area contributed by atoms with E-state index in [2.05, 4.69) is 20.2 Å². The van der Waals surface area contributed by atoms with Crippen LogP contribution in [-0.2, 0) is 17.8 Å². The Labute approximate surface area is 207 Å². The van der Waals surface area contributed by atoms with E-state index in [1.165, 1.54) is 30.3 Å². The molecule has 0 unspecified atom stereocenters. The summed E-state index contributed by atoms with van der Waals surface area (Å²) in [5.74, 6) is -0.253. The predicted molar refractivity (Wildman–Crippen MR) is 136 cm³/mol. The third kappa shape index (κ3) is 5.12. The quantitative estimate of drug-likeness (QED) is 0.373. The van der Waals surface area contributed by atoms with Crippen molar-refractivity contribution in [2.75, 3.05) is 17.2 Å². The number of aromatic nitrogens is 2. The molecule has 0 atom stereocenters. The fraction of sp³-hybridized carbons (Fsp3) is 0.179. The Morgan fingerprint density at radius 1 is 0.944 bits per heavy atom. The average Bonchev–Trinajstić information content (AvgIpc) is 3.34. The topological polar surface area (TPSA) is 85.2 Å². The van der Waals surface area contributed by atoms with Crippen LogP contribution in [0.3, 0.4) is 0 Å². The fourth-order valence-corrected chi connectivity index (χ4v) is 4.24. The molecule has 36 heavy (non-hydrogen) atoms. The molecule has 0 fully saturated rings. The number of hydrogen-bond acceptors (Lipinski definition) is 4. The van der Waals surface area contributed by atoms with Gasteiger partial charge in [-0.3, -0.25) is 9.59 Å². The molecule has 4 aromatic rings. The second-order valence-corrected chi connectivity index (χ2v) is 8.53. The van der Waals surface area contributed by atoms with Gasteiger partial charge in [0.25, 0.3) is 11.8 Å². The number of fused-ring (bicyclic) bond motifs is 1. The molecule has 1 aliphatic rings. The standard InChI is InChI=1S/C28H25FN4O3/c29-23-9-2-3-10-24(23)32-26(34)18-36-25-11-4-1-8-22(25)28(35)31-20-14-12-19(13-15-20)27-30-17-21-7-5-6-16-33(21)27/h1-4,8-15,17H,5-7,16,18H2,(H,31,35)(H,32,34). The Morgan fingerprint density at radius 3 is 2.56 bits per heavy atom. The highest BCUT2D eigenvalue weighted by Crippen LogP contribution is 2.26. The Balaban J connectivity index is 1.23. The Morgan fingerprint density at radius 2 is 1.72 bits per heavy atom. The van der Waals surface area contributed by atoms with Gasteiger partial charge in [0.2, 0.25) is 0 Å². The van der Waals surface area contributed by atoms with Crippen LogP contribution in [0.1, 0.15) is 28.9 Å². The van der Waals surface area contributed by atoms with Gasteiger partial charge in [0.05, 0.1) is 11.3 Å². The number of carbonyl (C=O) groups excluding carboxylic acids is 2. The van der Waals surface area contributed by atoms with Gasteiger partial charge in [-0.2, -0.15) is 0 Å². The van der Waals surface area contributed by atoms with Crippen molar-refractivity contribution < 1.29 is 18.7 Å². The highest BCUT2D eigenvalue weighted by molar-refractivity contribution is 6.06. The number of halogens is 1. The van der Waals surface area contributed by atoms with Gasteiger partial charge in [-0.1, -0.05) is 24.3 Å². The van der Waals surface area contributed by atoms with E-state index in [-0.39, 0.29) is 29.5 Å². The number of nitrogens with one attached hydrogen (secondary N) is 2. The fourth-order valence-electron chi connectivity index (χ4n) is 4.24. The molecular weight excluding hydrogens is 459 g/mol. The molecule has 7 nitrogen and oxygen atoms in total. The first kappa shape index (κ1) is 23.3. The number of hydrogen-bond donors (Lipinski definition) is 2. The van der Waals surface area contributed by atoms with Crippen molar-refractivity contribution in [2.45, 2.75) is 25.8 Å². The van der Waals surface area contributed by atoms with Crippen LogP contribution in [-0.4, -0.2) is 28.0 Å². The maximum absolute atomic E-state index is 13.8.